The molecule has 0 heterocycles. The van der Waals surface area contributed by atoms with E-state index < -0.39 is 0 Å². The van der Waals surface area contributed by atoms with Crippen molar-refractivity contribution in [2.45, 2.75) is 36.9 Å². The monoisotopic (exact) mass is 270 g/mol. The number of alkyl halides is 1. The van der Waals surface area contributed by atoms with Gasteiger partial charge in [-0.05, 0) is 30.0 Å². The molecule has 0 aromatic heterocycles. The maximum Gasteiger partial charge on any atom is 0.123 e. The van der Waals surface area contributed by atoms with E-state index in [-0.39, 0.29) is 5.82 Å². The topological polar surface area (TPSA) is 0 Å². The molecule has 0 N–H and O–H groups in total. The zero-order valence-corrected chi connectivity index (χ0v) is 10.3. The standard InChI is InChI=1S/C13H16BrF/c14-13(9-10-3-1-2-4-10)11-5-7-12(15)8-6-11/h5-8,10,13H,1-4,9H2. The minimum atomic E-state index is -0.153. The molecule has 0 amide bonds. The molecule has 0 bridgehead atoms. The average molecular weight is 271 g/mol. The highest BCUT2D eigenvalue weighted by Crippen LogP contribution is 2.37. The third kappa shape index (κ3) is 3.04. The first-order valence-electron chi connectivity index (χ1n) is 5.65. The van der Waals surface area contributed by atoms with Crippen LogP contribution in [0.5, 0.6) is 0 Å². The highest BCUT2D eigenvalue weighted by molar-refractivity contribution is 9.09. The first-order valence-corrected chi connectivity index (χ1v) is 6.57. The number of halogens is 2. The van der Waals surface area contributed by atoms with E-state index in [0.717, 1.165) is 5.92 Å². The van der Waals surface area contributed by atoms with Gasteiger partial charge in [0.2, 0.25) is 0 Å². The second-order valence-corrected chi connectivity index (χ2v) is 5.51. The van der Waals surface area contributed by atoms with E-state index in [4.69, 9.17) is 0 Å². The molecule has 1 fully saturated rings. The summed E-state index contributed by atoms with van der Waals surface area (Å²) in [5, 5.41) is 0. The quantitative estimate of drug-likeness (QED) is 0.690. The molecule has 1 saturated carbocycles. The maximum absolute atomic E-state index is 12.7. The Morgan fingerprint density at radius 3 is 2.40 bits per heavy atom. The van der Waals surface area contributed by atoms with Crippen LogP contribution in [0, 0.1) is 11.7 Å². The normalized spacial score (nSPS) is 19.3. The van der Waals surface area contributed by atoms with Crippen molar-refractivity contribution < 1.29 is 4.39 Å². The molecule has 1 aliphatic rings. The predicted octanol–water partition coefficient (Wildman–Crippen LogP) is 4.84. The van der Waals surface area contributed by atoms with Crippen molar-refractivity contribution in [3.05, 3.63) is 35.6 Å². The molecule has 1 atom stereocenters. The van der Waals surface area contributed by atoms with Crippen molar-refractivity contribution in [1.82, 2.24) is 0 Å². The molecule has 1 aromatic rings. The molecular formula is C13H16BrF. The van der Waals surface area contributed by atoms with E-state index in [0.29, 0.717) is 4.83 Å². The Balaban J connectivity index is 1.94. The van der Waals surface area contributed by atoms with E-state index in [1.165, 1.54) is 49.8 Å². The highest BCUT2D eigenvalue weighted by atomic mass is 79.9. The summed E-state index contributed by atoms with van der Waals surface area (Å²) in [5.41, 5.74) is 1.20. The highest BCUT2D eigenvalue weighted by Gasteiger charge is 2.19. The van der Waals surface area contributed by atoms with Crippen molar-refractivity contribution in [3.8, 4) is 0 Å². The number of hydrogen-bond acceptors (Lipinski definition) is 0. The van der Waals surface area contributed by atoms with Crippen LogP contribution in [0.3, 0.4) is 0 Å². The zero-order chi connectivity index (χ0) is 10.7. The van der Waals surface area contributed by atoms with Crippen molar-refractivity contribution >= 4 is 15.9 Å². The lowest BCUT2D eigenvalue weighted by molar-refractivity contribution is 0.501. The van der Waals surface area contributed by atoms with Crippen LogP contribution in [0.25, 0.3) is 0 Å². The van der Waals surface area contributed by atoms with Gasteiger partial charge in [-0.25, -0.2) is 4.39 Å². The summed E-state index contributed by atoms with van der Waals surface area (Å²) < 4.78 is 12.7. The van der Waals surface area contributed by atoms with Crippen molar-refractivity contribution in [2.75, 3.05) is 0 Å². The summed E-state index contributed by atoms with van der Waals surface area (Å²) >= 11 is 3.70. The molecule has 0 nitrogen and oxygen atoms in total. The van der Waals surface area contributed by atoms with Gasteiger partial charge < -0.3 is 0 Å². The summed E-state index contributed by atoms with van der Waals surface area (Å²) in [4.78, 5) is 0.390. The lowest BCUT2D eigenvalue weighted by Crippen LogP contribution is -1.99. The van der Waals surface area contributed by atoms with Gasteiger partial charge >= 0.3 is 0 Å². The van der Waals surface area contributed by atoms with Gasteiger partial charge in [0.15, 0.2) is 0 Å². The first kappa shape index (κ1) is 11.1. The molecular weight excluding hydrogens is 255 g/mol. The van der Waals surface area contributed by atoms with Gasteiger partial charge in [-0.3, -0.25) is 0 Å². The van der Waals surface area contributed by atoms with Crippen LogP contribution in [0.15, 0.2) is 24.3 Å². The summed E-state index contributed by atoms with van der Waals surface area (Å²) in [5.74, 6) is 0.707. The van der Waals surface area contributed by atoms with Crippen LogP contribution in [0.1, 0.15) is 42.5 Å². The van der Waals surface area contributed by atoms with E-state index in [1.807, 2.05) is 12.1 Å². The molecule has 15 heavy (non-hydrogen) atoms. The largest absolute Gasteiger partial charge is 0.207 e. The molecule has 1 aliphatic carbocycles. The van der Waals surface area contributed by atoms with E-state index in [2.05, 4.69) is 15.9 Å². The molecule has 0 saturated heterocycles. The van der Waals surface area contributed by atoms with Gasteiger partial charge in [0.25, 0.3) is 0 Å². The fraction of sp³-hybridized carbons (Fsp3) is 0.538. The predicted molar refractivity (Wildman–Crippen MR) is 64.6 cm³/mol. The van der Waals surface area contributed by atoms with Crippen LogP contribution < -0.4 is 0 Å². The molecule has 2 heteroatoms. The van der Waals surface area contributed by atoms with Crippen LogP contribution >= 0.6 is 15.9 Å². The SMILES string of the molecule is Fc1ccc(C(Br)CC2CCCC2)cc1. The summed E-state index contributed by atoms with van der Waals surface area (Å²) in [7, 11) is 0. The minimum Gasteiger partial charge on any atom is -0.207 e. The zero-order valence-electron chi connectivity index (χ0n) is 8.76. The van der Waals surface area contributed by atoms with Gasteiger partial charge in [0, 0.05) is 4.83 Å². The average Bonchev–Trinajstić information content (AvgIpc) is 2.71. The van der Waals surface area contributed by atoms with Crippen LogP contribution in [0.2, 0.25) is 0 Å². The molecule has 2 rings (SSSR count). The smallest absolute Gasteiger partial charge is 0.123 e. The molecule has 1 aromatic carbocycles. The fourth-order valence-corrected chi connectivity index (χ4v) is 3.18. The van der Waals surface area contributed by atoms with Gasteiger partial charge in [0.05, 0.1) is 0 Å². The second-order valence-electron chi connectivity index (χ2n) is 4.41. The lowest BCUT2D eigenvalue weighted by Gasteiger charge is -2.14. The fourth-order valence-electron chi connectivity index (χ4n) is 2.35. The van der Waals surface area contributed by atoms with Gasteiger partial charge in [-0.15, -0.1) is 0 Å². The Kier molecular flexibility index (Phi) is 3.79. The van der Waals surface area contributed by atoms with Crippen molar-refractivity contribution in [2.24, 2.45) is 5.92 Å². The molecule has 1 unspecified atom stereocenters. The molecule has 0 radical (unpaired) electrons. The minimum absolute atomic E-state index is 0.153. The van der Waals surface area contributed by atoms with Crippen LogP contribution in [-0.2, 0) is 0 Å². The third-order valence-electron chi connectivity index (χ3n) is 3.25. The van der Waals surface area contributed by atoms with Crippen molar-refractivity contribution in [3.63, 3.8) is 0 Å². The van der Waals surface area contributed by atoms with E-state index in [1.54, 1.807) is 0 Å². The summed E-state index contributed by atoms with van der Waals surface area (Å²) in [6.45, 7) is 0. The lowest BCUT2D eigenvalue weighted by atomic mass is 9.98. The molecule has 0 spiro atoms. The van der Waals surface area contributed by atoms with Gasteiger partial charge in [0.1, 0.15) is 5.82 Å². The van der Waals surface area contributed by atoms with E-state index in [9.17, 15) is 4.39 Å². The Bertz CT molecular complexity index is 301. The Morgan fingerprint density at radius 2 is 1.80 bits per heavy atom. The maximum atomic E-state index is 12.7. The van der Waals surface area contributed by atoms with Crippen LogP contribution in [-0.4, -0.2) is 0 Å². The number of rotatable bonds is 3. The third-order valence-corrected chi connectivity index (χ3v) is 4.15. The number of benzene rings is 1. The Hall–Kier alpha value is -0.370. The van der Waals surface area contributed by atoms with Crippen LogP contribution in [0.4, 0.5) is 4.39 Å². The first-order chi connectivity index (χ1) is 7.25. The van der Waals surface area contributed by atoms with Gasteiger partial charge in [-0.2, -0.15) is 0 Å². The summed E-state index contributed by atoms with van der Waals surface area (Å²) in [6, 6.07) is 6.84. The van der Waals surface area contributed by atoms with Gasteiger partial charge in [-0.1, -0.05) is 53.7 Å². The van der Waals surface area contributed by atoms with Crippen molar-refractivity contribution in [1.29, 1.82) is 0 Å². The summed E-state index contributed by atoms with van der Waals surface area (Å²) in [6.07, 6.45) is 6.68. The van der Waals surface area contributed by atoms with E-state index >= 15 is 0 Å². The Morgan fingerprint density at radius 1 is 1.20 bits per heavy atom. The molecule has 82 valence electrons. The number of hydrogen-bond donors (Lipinski definition) is 0. The molecule has 0 aliphatic heterocycles. The Labute approximate surface area is 99.0 Å². The second kappa shape index (κ2) is 5.11.